The molecule has 0 bridgehead atoms. The van der Waals surface area contributed by atoms with Crippen LogP contribution in [0.3, 0.4) is 0 Å². The number of hydrogen-bond acceptors (Lipinski definition) is 2. The van der Waals surface area contributed by atoms with E-state index in [2.05, 4.69) is 6.58 Å². The molecule has 0 unspecified atom stereocenters. The zero-order chi connectivity index (χ0) is 13.7. The summed E-state index contributed by atoms with van der Waals surface area (Å²) in [5, 5.41) is 0. The number of halogens is 1. The van der Waals surface area contributed by atoms with Crippen LogP contribution in [0, 0.1) is 0 Å². The van der Waals surface area contributed by atoms with Crippen LogP contribution < -0.4 is 0 Å². The summed E-state index contributed by atoms with van der Waals surface area (Å²) >= 11 is 7.17. The molecule has 98 valence electrons. The van der Waals surface area contributed by atoms with E-state index >= 15 is 0 Å². The minimum absolute atomic E-state index is 0.0133. The molecular weight excluding hydrogens is 278 g/mol. The lowest BCUT2D eigenvalue weighted by Crippen LogP contribution is -2.30. The Hall–Kier alpha value is -1.58. The summed E-state index contributed by atoms with van der Waals surface area (Å²) < 4.78 is 0.626. The largest absolute Gasteiger partial charge is 0.330 e. The summed E-state index contributed by atoms with van der Waals surface area (Å²) in [6.07, 6.45) is 1.73. The van der Waals surface area contributed by atoms with Gasteiger partial charge in [0.2, 0.25) is 0 Å². The molecule has 2 rings (SSSR count). The zero-order valence-corrected chi connectivity index (χ0v) is 12.0. The molecule has 1 amide bonds. The summed E-state index contributed by atoms with van der Waals surface area (Å²) in [6.45, 7) is 4.79. The van der Waals surface area contributed by atoms with Crippen LogP contribution >= 0.6 is 22.9 Å². The second-order valence-corrected chi connectivity index (χ2v) is 5.78. The van der Waals surface area contributed by atoms with Gasteiger partial charge >= 0.3 is 0 Å². The minimum Gasteiger partial charge on any atom is -0.330 e. The number of thiophene rings is 1. The zero-order valence-electron chi connectivity index (χ0n) is 10.4. The van der Waals surface area contributed by atoms with E-state index in [-0.39, 0.29) is 5.91 Å². The van der Waals surface area contributed by atoms with Crippen LogP contribution in [0.15, 0.2) is 55.1 Å². The molecule has 0 aliphatic carbocycles. The first-order valence-electron chi connectivity index (χ1n) is 5.90. The minimum atomic E-state index is -0.0133. The molecule has 1 aromatic carbocycles. The Bertz CT molecular complexity index is 565. The summed E-state index contributed by atoms with van der Waals surface area (Å²) in [7, 11) is 0. The fourth-order valence-corrected chi connectivity index (χ4v) is 2.77. The first kappa shape index (κ1) is 13.8. The smallest absolute Gasteiger partial charge is 0.264 e. The van der Waals surface area contributed by atoms with Crippen LogP contribution in [-0.2, 0) is 6.54 Å². The molecule has 0 radical (unpaired) electrons. The molecule has 1 aromatic heterocycles. The molecule has 0 fully saturated rings. The van der Waals surface area contributed by atoms with Crippen molar-refractivity contribution in [2.45, 2.75) is 6.54 Å². The molecule has 0 aliphatic rings. The van der Waals surface area contributed by atoms with Gasteiger partial charge in [-0.2, -0.15) is 0 Å². The van der Waals surface area contributed by atoms with Crippen LogP contribution in [0.4, 0.5) is 0 Å². The average Bonchev–Trinajstić information content (AvgIpc) is 2.85. The first-order valence-corrected chi connectivity index (χ1v) is 7.09. The molecule has 0 aliphatic heterocycles. The van der Waals surface area contributed by atoms with E-state index in [0.29, 0.717) is 22.3 Å². The Morgan fingerprint density at radius 3 is 2.58 bits per heavy atom. The Morgan fingerprint density at radius 1 is 1.26 bits per heavy atom. The van der Waals surface area contributed by atoms with Crippen LogP contribution in [0.25, 0.3) is 0 Å². The van der Waals surface area contributed by atoms with Gasteiger partial charge in [-0.15, -0.1) is 17.9 Å². The van der Waals surface area contributed by atoms with Crippen LogP contribution in [0.5, 0.6) is 0 Å². The van der Waals surface area contributed by atoms with Crippen LogP contribution in [-0.4, -0.2) is 17.4 Å². The average molecular weight is 292 g/mol. The van der Waals surface area contributed by atoms with E-state index in [1.165, 1.54) is 11.3 Å². The molecule has 19 heavy (non-hydrogen) atoms. The Labute approximate surface area is 121 Å². The van der Waals surface area contributed by atoms with Gasteiger partial charge in [-0.05, 0) is 17.7 Å². The lowest BCUT2D eigenvalue weighted by Gasteiger charge is -2.20. The third-order valence-electron chi connectivity index (χ3n) is 2.64. The normalized spacial score (nSPS) is 10.2. The number of rotatable bonds is 5. The third kappa shape index (κ3) is 3.69. The highest BCUT2D eigenvalue weighted by molar-refractivity contribution is 7.17. The predicted octanol–water partition coefficient (Wildman–Crippen LogP) is 4.23. The maximum atomic E-state index is 12.4. The van der Waals surface area contributed by atoms with Crippen molar-refractivity contribution in [1.82, 2.24) is 4.90 Å². The van der Waals surface area contributed by atoms with Crippen LogP contribution in [0.1, 0.15) is 15.2 Å². The number of carbonyl (C=O) groups is 1. The number of hydrogen-bond donors (Lipinski definition) is 0. The maximum Gasteiger partial charge on any atom is 0.264 e. The van der Waals surface area contributed by atoms with E-state index in [0.717, 1.165) is 5.56 Å². The summed E-state index contributed by atoms with van der Waals surface area (Å²) in [5.74, 6) is -0.0133. The molecule has 0 saturated heterocycles. The van der Waals surface area contributed by atoms with E-state index in [4.69, 9.17) is 11.6 Å². The van der Waals surface area contributed by atoms with Crippen LogP contribution in [0.2, 0.25) is 4.34 Å². The Morgan fingerprint density at radius 2 is 2.00 bits per heavy atom. The SMILES string of the molecule is C=CCN(Cc1ccccc1)C(=O)c1ccc(Cl)s1. The van der Waals surface area contributed by atoms with Crippen molar-refractivity contribution in [3.63, 3.8) is 0 Å². The fraction of sp³-hybridized carbons (Fsp3) is 0.133. The van der Waals surface area contributed by atoms with Crippen molar-refractivity contribution in [3.05, 3.63) is 69.9 Å². The fourth-order valence-electron chi connectivity index (χ4n) is 1.76. The van der Waals surface area contributed by atoms with Crippen molar-refractivity contribution in [1.29, 1.82) is 0 Å². The highest BCUT2D eigenvalue weighted by Crippen LogP contribution is 2.23. The standard InChI is InChI=1S/C15H14ClNOS/c1-2-10-17(11-12-6-4-3-5-7-12)15(18)13-8-9-14(16)19-13/h2-9H,1,10-11H2. The van der Waals surface area contributed by atoms with Gasteiger partial charge in [0.05, 0.1) is 9.21 Å². The van der Waals surface area contributed by atoms with Crippen molar-refractivity contribution in [2.24, 2.45) is 0 Å². The van der Waals surface area contributed by atoms with Crippen molar-refractivity contribution in [2.75, 3.05) is 6.54 Å². The number of amides is 1. The summed E-state index contributed by atoms with van der Waals surface area (Å²) in [4.78, 5) is 14.8. The second-order valence-electron chi connectivity index (χ2n) is 4.06. The maximum absolute atomic E-state index is 12.4. The van der Waals surface area contributed by atoms with E-state index in [1.54, 1.807) is 23.1 Å². The molecule has 0 spiro atoms. The molecule has 0 atom stereocenters. The monoisotopic (exact) mass is 291 g/mol. The predicted molar refractivity (Wildman–Crippen MR) is 80.7 cm³/mol. The van der Waals surface area contributed by atoms with Gasteiger partial charge < -0.3 is 4.90 Å². The Balaban J connectivity index is 2.15. The van der Waals surface area contributed by atoms with Gasteiger partial charge in [0.1, 0.15) is 0 Å². The van der Waals surface area contributed by atoms with Crippen molar-refractivity contribution < 1.29 is 4.79 Å². The molecule has 0 saturated carbocycles. The number of benzene rings is 1. The molecule has 1 heterocycles. The molecule has 0 N–H and O–H groups in total. The number of nitrogens with zero attached hydrogens (tertiary/aromatic N) is 1. The number of carbonyl (C=O) groups excluding carboxylic acids is 1. The Kier molecular flexibility index (Phi) is 4.77. The van der Waals surface area contributed by atoms with Gasteiger partial charge in [-0.25, -0.2) is 0 Å². The summed E-state index contributed by atoms with van der Waals surface area (Å²) in [5.41, 5.74) is 1.10. The highest BCUT2D eigenvalue weighted by Gasteiger charge is 2.16. The van der Waals surface area contributed by atoms with Gasteiger partial charge in [0.25, 0.3) is 5.91 Å². The van der Waals surface area contributed by atoms with Gasteiger partial charge in [-0.3, -0.25) is 4.79 Å². The molecule has 2 nitrogen and oxygen atoms in total. The molecule has 4 heteroatoms. The third-order valence-corrected chi connectivity index (χ3v) is 3.86. The molecule has 2 aromatic rings. The topological polar surface area (TPSA) is 20.3 Å². The van der Waals surface area contributed by atoms with Crippen molar-refractivity contribution >= 4 is 28.8 Å². The lowest BCUT2D eigenvalue weighted by molar-refractivity contribution is 0.0767. The lowest BCUT2D eigenvalue weighted by atomic mass is 10.2. The van der Waals surface area contributed by atoms with E-state index < -0.39 is 0 Å². The second kappa shape index (κ2) is 6.55. The quantitative estimate of drug-likeness (QED) is 0.755. The van der Waals surface area contributed by atoms with E-state index in [9.17, 15) is 4.79 Å². The van der Waals surface area contributed by atoms with Gasteiger partial charge in [-0.1, -0.05) is 48.0 Å². The van der Waals surface area contributed by atoms with E-state index in [1.807, 2.05) is 30.3 Å². The highest BCUT2D eigenvalue weighted by atomic mass is 35.5. The van der Waals surface area contributed by atoms with Crippen molar-refractivity contribution in [3.8, 4) is 0 Å². The first-order chi connectivity index (χ1) is 9.20. The van der Waals surface area contributed by atoms with Gasteiger partial charge in [0, 0.05) is 13.1 Å². The summed E-state index contributed by atoms with van der Waals surface area (Å²) in [6, 6.07) is 13.4. The molecular formula is C15H14ClNOS. The van der Waals surface area contributed by atoms with Gasteiger partial charge in [0.15, 0.2) is 0 Å².